The second-order valence-electron chi connectivity index (χ2n) is 5.60. The summed E-state index contributed by atoms with van der Waals surface area (Å²) in [6.07, 6.45) is 2.64. The van der Waals surface area contributed by atoms with Crippen molar-refractivity contribution in [2.24, 2.45) is 5.92 Å². The third-order valence-corrected chi connectivity index (χ3v) is 5.64. The number of aromatic nitrogens is 1. The van der Waals surface area contributed by atoms with Crippen LogP contribution in [0.2, 0.25) is 0 Å². The first-order chi connectivity index (χ1) is 9.23. The molecule has 0 radical (unpaired) electrons. The van der Waals surface area contributed by atoms with Gasteiger partial charge in [0.25, 0.3) is 0 Å². The predicted octanol–water partition coefficient (Wildman–Crippen LogP) is 3.47. The topological polar surface area (TPSA) is 42.3 Å². The van der Waals surface area contributed by atoms with Gasteiger partial charge in [-0.25, -0.2) is 12.7 Å². The highest BCUT2D eigenvalue weighted by Gasteiger charge is 2.24. The molecule has 0 aliphatic rings. The van der Waals surface area contributed by atoms with Crippen LogP contribution < -0.4 is 0 Å². The van der Waals surface area contributed by atoms with E-state index in [2.05, 4.69) is 13.8 Å². The summed E-state index contributed by atoms with van der Waals surface area (Å²) < 4.78 is 28.5. The van der Waals surface area contributed by atoms with E-state index in [4.69, 9.17) is 11.6 Å². The van der Waals surface area contributed by atoms with Gasteiger partial charge in [-0.1, -0.05) is 20.3 Å². The SMILES string of the molecule is CCC(C)CN(C)S(=O)(=O)c1cc(CCl)n(C(C)C)c1. The van der Waals surface area contributed by atoms with Gasteiger partial charge in [0.1, 0.15) is 4.90 Å². The van der Waals surface area contributed by atoms with Crippen LogP contribution in [0.25, 0.3) is 0 Å². The summed E-state index contributed by atoms with van der Waals surface area (Å²) in [4.78, 5) is 0.327. The van der Waals surface area contributed by atoms with Crippen LogP contribution in [0, 0.1) is 5.92 Å². The van der Waals surface area contributed by atoms with Crippen LogP contribution in [0.5, 0.6) is 0 Å². The van der Waals surface area contributed by atoms with E-state index in [1.165, 1.54) is 4.31 Å². The van der Waals surface area contributed by atoms with Gasteiger partial charge in [0.15, 0.2) is 0 Å². The van der Waals surface area contributed by atoms with Crippen LogP contribution in [0.1, 0.15) is 45.9 Å². The fourth-order valence-corrected chi connectivity index (χ4v) is 3.63. The largest absolute Gasteiger partial charge is 0.346 e. The third kappa shape index (κ3) is 3.77. The Morgan fingerprint density at radius 1 is 1.35 bits per heavy atom. The molecule has 1 aromatic rings. The number of hydrogen-bond acceptors (Lipinski definition) is 2. The second kappa shape index (κ2) is 6.96. The summed E-state index contributed by atoms with van der Waals surface area (Å²) in [5, 5.41) is 0. The molecule has 20 heavy (non-hydrogen) atoms. The molecule has 0 aliphatic carbocycles. The molecule has 0 fully saturated rings. The highest BCUT2D eigenvalue weighted by Crippen LogP contribution is 2.23. The minimum absolute atomic E-state index is 0.188. The molecule has 116 valence electrons. The van der Waals surface area contributed by atoms with Crippen LogP contribution in [-0.4, -0.2) is 30.9 Å². The zero-order chi connectivity index (χ0) is 15.5. The van der Waals surface area contributed by atoms with Gasteiger partial charge >= 0.3 is 0 Å². The van der Waals surface area contributed by atoms with E-state index in [0.29, 0.717) is 23.2 Å². The van der Waals surface area contributed by atoms with Crippen molar-refractivity contribution in [2.45, 2.75) is 50.9 Å². The summed E-state index contributed by atoms with van der Waals surface area (Å²) in [5.41, 5.74) is 0.831. The maximum absolute atomic E-state index is 12.6. The molecular weight excluding hydrogens is 296 g/mol. The molecular formula is C14H25ClN2O2S. The second-order valence-corrected chi connectivity index (χ2v) is 7.91. The maximum atomic E-state index is 12.6. The number of sulfonamides is 1. The van der Waals surface area contributed by atoms with Crippen molar-refractivity contribution in [1.82, 2.24) is 8.87 Å². The van der Waals surface area contributed by atoms with Crippen LogP contribution >= 0.6 is 11.6 Å². The molecule has 0 bridgehead atoms. The van der Waals surface area contributed by atoms with E-state index in [1.54, 1.807) is 19.3 Å². The molecule has 1 unspecified atom stereocenters. The van der Waals surface area contributed by atoms with E-state index in [0.717, 1.165) is 12.1 Å². The molecule has 4 nitrogen and oxygen atoms in total. The van der Waals surface area contributed by atoms with E-state index < -0.39 is 10.0 Å². The smallest absolute Gasteiger partial charge is 0.244 e. The number of nitrogens with zero attached hydrogens (tertiary/aromatic N) is 2. The molecule has 0 amide bonds. The Morgan fingerprint density at radius 2 is 1.95 bits per heavy atom. The van der Waals surface area contributed by atoms with E-state index in [1.807, 2.05) is 18.4 Å². The van der Waals surface area contributed by atoms with Crippen molar-refractivity contribution >= 4 is 21.6 Å². The Balaban J connectivity index is 3.09. The van der Waals surface area contributed by atoms with Crippen molar-refractivity contribution in [1.29, 1.82) is 0 Å². The number of alkyl halides is 1. The molecule has 0 aromatic carbocycles. The standard InChI is InChI=1S/C14H25ClN2O2S/c1-6-12(4)9-16(5)20(18,19)14-7-13(8-15)17(10-14)11(2)3/h7,10-12H,6,8-9H2,1-5H3. The van der Waals surface area contributed by atoms with Crippen LogP contribution in [0.4, 0.5) is 0 Å². The highest BCUT2D eigenvalue weighted by atomic mass is 35.5. The van der Waals surface area contributed by atoms with E-state index in [9.17, 15) is 8.42 Å². The third-order valence-electron chi connectivity index (χ3n) is 3.57. The molecule has 1 aromatic heterocycles. The van der Waals surface area contributed by atoms with Gasteiger partial charge < -0.3 is 4.57 Å². The van der Waals surface area contributed by atoms with Crippen molar-refractivity contribution in [3.05, 3.63) is 18.0 Å². The maximum Gasteiger partial charge on any atom is 0.244 e. The Labute approximate surface area is 127 Å². The highest BCUT2D eigenvalue weighted by molar-refractivity contribution is 7.89. The van der Waals surface area contributed by atoms with Crippen LogP contribution in [0.3, 0.4) is 0 Å². The summed E-state index contributed by atoms with van der Waals surface area (Å²) >= 11 is 5.90. The fourth-order valence-electron chi connectivity index (χ4n) is 2.07. The molecule has 1 rings (SSSR count). The van der Waals surface area contributed by atoms with Gasteiger partial charge in [-0.3, -0.25) is 0 Å². The molecule has 0 saturated heterocycles. The Bertz CT molecular complexity index is 537. The quantitative estimate of drug-likeness (QED) is 0.722. The molecule has 0 aliphatic heterocycles. The number of rotatable bonds is 7. The van der Waals surface area contributed by atoms with Gasteiger partial charge in [0.05, 0.1) is 5.88 Å². The normalized spacial score (nSPS) is 14.2. The lowest BCUT2D eigenvalue weighted by Crippen LogP contribution is -2.30. The number of halogens is 1. The minimum Gasteiger partial charge on any atom is -0.346 e. The first-order valence-corrected chi connectivity index (χ1v) is 8.94. The first-order valence-electron chi connectivity index (χ1n) is 6.97. The molecule has 1 atom stereocenters. The molecule has 6 heteroatoms. The van der Waals surface area contributed by atoms with Crippen molar-refractivity contribution in [2.75, 3.05) is 13.6 Å². The average molecular weight is 321 g/mol. The monoisotopic (exact) mass is 320 g/mol. The lowest BCUT2D eigenvalue weighted by atomic mass is 10.1. The van der Waals surface area contributed by atoms with Gasteiger partial charge in [-0.2, -0.15) is 0 Å². The van der Waals surface area contributed by atoms with Gasteiger partial charge in [-0.05, 0) is 25.8 Å². The van der Waals surface area contributed by atoms with Gasteiger partial charge in [-0.15, -0.1) is 11.6 Å². The van der Waals surface area contributed by atoms with Crippen LogP contribution in [0.15, 0.2) is 17.2 Å². The van der Waals surface area contributed by atoms with Crippen molar-refractivity contribution in [3.8, 4) is 0 Å². The average Bonchev–Trinajstić information content (AvgIpc) is 2.83. The lowest BCUT2D eigenvalue weighted by Gasteiger charge is -2.19. The van der Waals surface area contributed by atoms with Gasteiger partial charge in [0.2, 0.25) is 10.0 Å². The zero-order valence-electron chi connectivity index (χ0n) is 12.9. The fraction of sp³-hybridized carbons (Fsp3) is 0.714. The Kier molecular flexibility index (Phi) is 6.10. The van der Waals surface area contributed by atoms with E-state index in [-0.39, 0.29) is 6.04 Å². The minimum atomic E-state index is -3.44. The first kappa shape index (κ1) is 17.5. The Hall–Kier alpha value is -0.520. The van der Waals surface area contributed by atoms with E-state index >= 15 is 0 Å². The molecule has 1 heterocycles. The predicted molar refractivity (Wildman–Crippen MR) is 83.6 cm³/mol. The summed E-state index contributed by atoms with van der Waals surface area (Å²) in [7, 11) is -1.80. The zero-order valence-corrected chi connectivity index (χ0v) is 14.5. The summed E-state index contributed by atoms with van der Waals surface area (Å²) in [6.45, 7) is 8.66. The van der Waals surface area contributed by atoms with Crippen molar-refractivity contribution in [3.63, 3.8) is 0 Å². The number of hydrogen-bond donors (Lipinski definition) is 0. The van der Waals surface area contributed by atoms with Crippen LogP contribution in [-0.2, 0) is 15.9 Å². The lowest BCUT2D eigenvalue weighted by molar-refractivity contribution is 0.393. The van der Waals surface area contributed by atoms with Gasteiger partial charge in [0, 0.05) is 31.5 Å². The summed E-state index contributed by atoms with van der Waals surface area (Å²) in [6, 6.07) is 1.86. The molecule has 0 saturated carbocycles. The molecule has 0 N–H and O–H groups in total. The Morgan fingerprint density at radius 3 is 2.35 bits per heavy atom. The van der Waals surface area contributed by atoms with Crippen molar-refractivity contribution < 1.29 is 8.42 Å². The molecule has 0 spiro atoms. The summed E-state index contributed by atoms with van der Waals surface area (Å²) in [5.74, 6) is 0.650.